The van der Waals surface area contributed by atoms with Crippen molar-refractivity contribution in [1.82, 2.24) is 0 Å². The van der Waals surface area contributed by atoms with E-state index < -0.39 is 0 Å². The second-order valence-electron chi connectivity index (χ2n) is 7.45. The number of carbonyl (C=O) groups is 1. The maximum Gasteiger partial charge on any atom is 0.161 e. The maximum atomic E-state index is 12.8. The van der Waals surface area contributed by atoms with E-state index >= 15 is 0 Å². The lowest BCUT2D eigenvalue weighted by atomic mass is 9.48. The Hall–Kier alpha value is -1.57. The van der Waals surface area contributed by atoms with Crippen molar-refractivity contribution in [2.24, 2.45) is 23.2 Å². The molecular weight excluding hydrogens is 260 g/mol. The summed E-state index contributed by atoms with van der Waals surface area (Å²) in [5.41, 5.74) is 0.658. The predicted molar refractivity (Wildman–Crippen MR) is 82.8 cm³/mol. The lowest BCUT2D eigenvalue weighted by Gasteiger charge is -2.55. The largest absolute Gasteiger partial charge is 0.507 e. The Morgan fingerprint density at radius 1 is 1.05 bits per heavy atom. The molecular formula is C19H22O2. The van der Waals surface area contributed by atoms with Crippen LogP contribution >= 0.6 is 0 Å². The molecule has 4 saturated carbocycles. The van der Waals surface area contributed by atoms with Crippen LogP contribution in [0, 0.1) is 23.2 Å². The summed E-state index contributed by atoms with van der Waals surface area (Å²) in [4.78, 5) is 12.8. The van der Waals surface area contributed by atoms with Gasteiger partial charge in [0.15, 0.2) is 5.78 Å². The first kappa shape index (κ1) is 13.1. The van der Waals surface area contributed by atoms with Gasteiger partial charge in [0.05, 0.1) is 0 Å². The molecule has 0 spiro atoms. The standard InChI is InChI=1S/C19H22O2/c20-17-4-2-1-3-16(17)5-6-18(21)19-10-13-7-14(11-19)9-15(8-13)12-19/h1-6,13-15,20H,7-12H2/b6-5+. The number of allylic oxidation sites excluding steroid dienone is 1. The minimum atomic E-state index is -0.0738. The van der Waals surface area contributed by atoms with E-state index in [0.717, 1.165) is 42.6 Å². The van der Waals surface area contributed by atoms with Crippen LogP contribution in [0.4, 0.5) is 0 Å². The fraction of sp³-hybridized carbons (Fsp3) is 0.526. The Morgan fingerprint density at radius 2 is 1.62 bits per heavy atom. The van der Waals surface area contributed by atoms with Crippen LogP contribution in [0.2, 0.25) is 0 Å². The second kappa shape index (κ2) is 4.72. The highest BCUT2D eigenvalue weighted by Gasteiger charge is 2.53. The van der Waals surface area contributed by atoms with Crippen molar-refractivity contribution in [3.05, 3.63) is 35.9 Å². The van der Waals surface area contributed by atoms with E-state index in [0.29, 0.717) is 5.78 Å². The molecule has 2 nitrogen and oxygen atoms in total. The summed E-state index contributed by atoms with van der Waals surface area (Å²) >= 11 is 0. The predicted octanol–water partition coefficient (Wildman–Crippen LogP) is 4.19. The third-order valence-electron chi connectivity index (χ3n) is 5.91. The zero-order chi connectivity index (χ0) is 14.4. The van der Waals surface area contributed by atoms with Gasteiger partial charge in [0, 0.05) is 11.0 Å². The lowest BCUT2D eigenvalue weighted by Crippen LogP contribution is -2.49. The molecule has 0 unspecified atom stereocenters. The fourth-order valence-corrected chi connectivity index (χ4v) is 5.38. The van der Waals surface area contributed by atoms with E-state index in [1.807, 2.05) is 12.1 Å². The number of carbonyl (C=O) groups excluding carboxylic acids is 1. The van der Waals surface area contributed by atoms with Crippen LogP contribution in [0.15, 0.2) is 30.3 Å². The van der Waals surface area contributed by atoms with Gasteiger partial charge in [-0.25, -0.2) is 0 Å². The monoisotopic (exact) mass is 282 g/mol. The first-order valence-corrected chi connectivity index (χ1v) is 8.15. The molecule has 1 N–H and O–H groups in total. The number of phenols is 1. The summed E-state index contributed by atoms with van der Waals surface area (Å²) in [6.45, 7) is 0. The minimum absolute atomic E-state index is 0.0738. The van der Waals surface area contributed by atoms with Crippen molar-refractivity contribution in [2.45, 2.75) is 38.5 Å². The molecule has 1 aromatic carbocycles. The van der Waals surface area contributed by atoms with Crippen LogP contribution in [0.5, 0.6) is 5.75 Å². The molecule has 4 fully saturated rings. The average molecular weight is 282 g/mol. The maximum absolute atomic E-state index is 12.8. The molecule has 2 heteroatoms. The van der Waals surface area contributed by atoms with E-state index in [4.69, 9.17) is 0 Å². The SMILES string of the molecule is O=C(/C=C/c1ccccc1O)C12CC3CC(CC(C3)C1)C2. The molecule has 1 aromatic rings. The molecule has 4 bridgehead atoms. The molecule has 0 aliphatic heterocycles. The highest BCUT2D eigenvalue weighted by atomic mass is 16.3. The number of phenolic OH excluding ortho intramolecular Hbond substituents is 1. The van der Waals surface area contributed by atoms with E-state index in [1.54, 1.807) is 24.3 Å². The van der Waals surface area contributed by atoms with Gasteiger partial charge in [-0.05, 0) is 74.5 Å². The molecule has 5 rings (SSSR count). The average Bonchev–Trinajstić information content (AvgIpc) is 2.44. The van der Waals surface area contributed by atoms with Crippen molar-refractivity contribution in [3.63, 3.8) is 0 Å². The van der Waals surface area contributed by atoms with Crippen molar-refractivity contribution in [1.29, 1.82) is 0 Å². The highest BCUT2D eigenvalue weighted by molar-refractivity contribution is 5.98. The van der Waals surface area contributed by atoms with Gasteiger partial charge in [-0.3, -0.25) is 4.79 Å². The van der Waals surface area contributed by atoms with Crippen LogP contribution in [0.3, 0.4) is 0 Å². The topological polar surface area (TPSA) is 37.3 Å². The number of rotatable bonds is 3. The zero-order valence-electron chi connectivity index (χ0n) is 12.3. The van der Waals surface area contributed by atoms with Gasteiger partial charge in [0.2, 0.25) is 0 Å². The van der Waals surface area contributed by atoms with E-state index in [9.17, 15) is 9.90 Å². The zero-order valence-corrected chi connectivity index (χ0v) is 12.3. The normalized spacial score (nSPS) is 37.2. The number of ketones is 1. The lowest BCUT2D eigenvalue weighted by molar-refractivity contribution is -0.138. The van der Waals surface area contributed by atoms with Gasteiger partial charge in [0.25, 0.3) is 0 Å². The van der Waals surface area contributed by atoms with Gasteiger partial charge < -0.3 is 5.11 Å². The van der Waals surface area contributed by atoms with Crippen molar-refractivity contribution in [3.8, 4) is 5.75 Å². The van der Waals surface area contributed by atoms with Crippen molar-refractivity contribution < 1.29 is 9.90 Å². The first-order chi connectivity index (χ1) is 10.1. The number of para-hydroxylation sites is 1. The summed E-state index contributed by atoms with van der Waals surface area (Å²) in [6.07, 6.45) is 10.9. The van der Waals surface area contributed by atoms with Crippen LogP contribution in [-0.4, -0.2) is 10.9 Å². The third-order valence-corrected chi connectivity index (χ3v) is 5.91. The molecule has 4 aliphatic carbocycles. The highest BCUT2D eigenvalue weighted by Crippen LogP contribution is 2.60. The van der Waals surface area contributed by atoms with Gasteiger partial charge in [-0.1, -0.05) is 18.2 Å². The van der Waals surface area contributed by atoms with Crippen molar-refractivity contribution >= 4 is 11.9 Å². The summed E-state index contributed by atoms with van der Waals surface area (Å²) in [7, 11) is 0. The number of aromatic hydroxyl groups is 1. The van der Waals surface area contributed by atoms with Gasteiger partial charge >= 0.3 is 0 Å². The minimum Gasteiger partial charge on any atom is -0.507 e. The van der Waals surface area contributed by atoms with Gasteiger partial charge in [-0.2, -0.15) is 0 Å². The quantitative estimate of drug-likeness (QED) is 0.844. The Bertz CT molecular complexity index is 564. The fourth-order valence-electron chi connectivity index (χ4n) is 5.38. The Kier molecular flexibility index (Phi) is 2.95. The molecule has 0 saturated heterocycles. The smallest absolute Gasteiger partial charge is 0.161 e. The summed E-state index contributed by atoms with van der Waals surface area (Å²) in [6, 6.07) is 7.19. The van der Waals surface area contributed by atoms with Crippen LogP contribution < -0.4 is 0 Å². The molecule has 0 heterocycles. The molecule has 21 heavy (non-hydrogen) atoms. The molecule has 4 aliphatic rings. The molecule has 0 amide bonds. The van der Waals surface area contributed by atoms with E-state index in [1.165, 1.54) is 19.3 Å². The Labute approximate surface area is 125 Å². The number of hydrogen-bond donors (Lipinski definition) is 1. The first-order valence-electron chi connectivity index (χ1n) is 8.15. The van der Waals surface area contributed by atoms with Crippen LogP contribution in [0.25, 0.3) is 6.08 Å². The van der Waals surface area contributed by atoms with E-state index in [-0.39, 0.29) is 11.2 Å². The molecule has 0 aromatic heterocycles. The Balaban J connectivity index is 1.56. The van der Waals surface area contributed by atoms with Crippen LogP contribution in [0.1, 0.15) is 44.1 Å². The molecule has 0 radical (unpaired) electrons. The summed E-state index contributed by atoms with van der Waals surface area (Å²) < 4.78 is 0. The second-order valence-corrected chi connectivity index (χ2v) is 7.45. The number of hydrogen-bond acceptors (Lipinski definition) is 2. The molecule has 0 atom stereocenters. The van der Waals surface area contributed by atoms with E-state index in [2.05, 4.69) is 0 Å². The van der Waals surface area contributed by atoms with Gasteiger partial charge in [0.1, 0.15) is 5.75 Å². The summed E-state index contributed by atoms with van der Waals surface area (Å²) in [5.74, 6) is 2.91. The summed E-state index contributed by atoms with van der Waals surface area (Å²) in [5, 5.41) is 9.79. The third kappa shape index (κ3) is 2.21. The number of benzene rings is 1. The van der Waals surface area contributed by atoms with Crippen molar-refractivity contribution in [2.75, 3.05) is 0 Å². The van der Waals surface area contributed by atoms with Crippen LogP contribution in [-0.2, 0) is 4.79 Å². The molecule has 110 valence electrons. The Morgan fingerprint density at radius 3 is 2.19 bits per heavy atom. The van der Waals surface area contributed by atoms with Gasteiger partial charge in [-0.15, -0.1) is 0 Å².